The predicted octanol–water partition coefficient (Wildman–Crippen LogP) is 4.98. The fourth-order valence-corrected chi connectivity index (χ4v) is 3.11. The maximum absolute atomic E-state index is 12.2. The summed E-state index contributed by atoms with van der Waals surface area (Å²) in [6.07, 6.45) is 0. The Hall–Kier alpha value is -1.73. The minimum Gasteiger partial charge on any atom is -0.298 e. The monoisotopic (exact) mass is 420 g/mol. The highest BCUT2D eigenvalue weighted by atomic mass is 127. The molecule has 2 aromatic carbocycles. The van der Waals surface area contributed by atoms with Crippen LogP contribution in [0.25, 0.3) is 11.3 Å². The Morgan fingerprint density at radius 1 is 1.18 bits per heavy atom. The highest BCUT2D eigenvalue weighted by molar-refractivity contribution is 14.1. The molecule has 0 radical (unpaired) electrons. The van der Waals surface area contributed by atoms with Crippen LogP contribution in [0.4, 0.5) is 5.13 Å². The Morgan fingerprint density at radius 2 is 1.95 bits per heavy atom. The fraction of sp³-hybridized carbons (Fsp3) is 0.0588. The number of carbonyl (C=O) groups excluding carboxylic acids is 1. The molecule has 3 aromatic rings. The lowest BCUT2D eigenvalue weighted by molar-refractivity contribution is 0.102. The summed E-state index contributed by atoms with van der Waals surface area (Å²) in [7, 11) is 0. The van der Waals surface area contributed by atoms with Gasteiger partial charge in [-0.05, 0) is 53.8 Å². The van der Waals surface area contributed by atoms with E-state index in [1.54, 1.807) is 6.07 Å². The maximum Gasteiger partial charge on any atom is 0.257 e. The number of thiazole rings is 1. The molecule has 0 spiro atoms. The van der Waals surface area contributed by atoms with Crippen LogP contribution in [0.15, 0.2) is 53.9 Å². The number of benzene rings is 2. The zero-order valence-electron chi connectivity index (χ0n) is 11.8. The predicted molar refractivity (Wildman–Crippen MR) is 99.4 cm³/mol. The molecular formula is C17H13IN2OS. The second-order valence-electron chi connectivity index (χ2n) is 4.87. The topological polar surface area (TPSA) is 42.0 Å². The van der Waals surface area contributed by atoms with Gasteiger partial charge < -0.3 is 0 Å². The van der Waals surface area contributed by atoms with Crippen LogP contribution in [0.5, 0.6) is 0 Å². The lowest BCUT2D eigenvalue weighted by Crippen LogP contribution is -2.11. The molecule has 1 N–H and O–H groups in total. The molecule has 1 amide bonds. The van der Waals surface area contributed by atoms with Crippen molar-refractivity contribution >= 4 is 45.0 Å². The van der Waals surface area contributed by atoms with Gasteiger partial charge >= 0.3 is 0 Å². The van der Waals surface area contributed by atoms with Crippen LogP contribution >= 0.6 is 33.9 Å². The van der Waals surface area contributed by atoms with Gasteiger partial charge in [-0.25, -0.2) is 4.98 Å². The quantitative estimate of drug-likeness (QED) is 0.608. The zero-order chi connectivity index (χ0) is 15.5. The number of amides is 1. The van der Waals surface area contributed by atoms with E-state index in [0.717, 1.165) is 16.8 Å². The summed E-state index contributed by atoms with van der Waals surface area (Å²) in [5.41, 5.74) is 3.63. The van der Waals surface area contributed by atoms with Crippen molar-refractivity contribution in [2.45, 2.75) is 6.92 Å². The van der Waals surface area contributed by atoms with Crippen LogP contribution in [-0.2, 0) is 0 Å². The van der Waals surface area contributed by atoms with Gasteiger partial charge in [0.15, 0.2) is 5.13 Å². The molecule has 0 aliphatic carbocycles. The van der Waals surface area contributed by atoms with Crippen LogP contribution in [0.1, 0.15) is 15.9 Å². The number of aromatic nitrogens is 1. The molecule has 0 unspecified atom stereocenters. The van der Waals surface area contributed by atoms with E-state index in [9.17, 15) is 4.79 Å². The van der Waals surface area contributed by atoms with Crippen LogP contribution in [0.3, 0.4) is 0 Å². The van der Waals surface area contributed by atoms with E-state index in [1.807, 2.05) is 54.8 Å². The Kier molecular flexibility index (Phi) is 4.54. The number of rotatable bonds is 3. The third kappa shape index (κ3) is 3.53. The first-order valence-corrected chi connectivity index (χ1v) is 8.67. The van der Waals surface area contributed by atoms with Crippen molar-refractivity contribution in [3.05, 3.63) is 68.6 Å². The highest BCUT2D eigenvalue weighted by Crippen LogP contribution is 2.25. The van der Waals surface area contributed by atoms with Gasteiger partial charge in [0, 0.05) is 20.1 Å². The van der Waals surface area contributed by atoms with Gasteiger partial charge in [-0.1, -0.05) is 29.8 Å². The molecule has 1 heterocycles. The van der Waals surface area contributed by atoms with E-state index in [4.69, 9.17) is 0 Å². The number of nitrogens with zero attached hydrogens (tertiary/aromatic N) is 1. The van der Waals surface area contributed by atoms with Gasteiger partial charge in [-0.15, -0.1) is 11.3 Å². The van der Waals surface area contributed by atoms with Crippen molar-refractivity contribution in [3.8, 4) is 11.3 Å². The third-order valence-corrected chi connectivity index (χ3v) is 4.62. The summed E-state index contributed by atoms with van der Waals surface area (Å²) >= 11 is 3.70. The van der Waals surface area contributed by atoms with E-state index in [1.165, 1.54) is 14.9 Å². The lowest BCUT2D eigenvalue weighted by atomic mass is 10.1. The Bertz CT molecular complexity index is 812. The average molecular weight is 420 g/mol. The lowest BCUT2D eigenvalue weighted by Gasteiger charge is -2.02. The molecule has 0 saturated carbocycles. The standard InChI is InChI=1S/C17H13IN2OS/c1-11-3-2-4-13(9-11)16(21)20-17-19-15(10-22-17)12-5-7-14(18)8-6-12/h2-10H,1H3,(H,19,20,21). The highest BCUT2D eigenvalue weighted by Gasteiger charge is 2.10. The summed E-state index contributed by atoms with van der Waals surface area (Å²) in [6.45, 7) is 1.97. The Labute approximate surface area is 146 Å². The average Bonchev–Trinajstić information content (AvgIpc) is 2.96. The molecule has 3 nitrogen and oxygen atoms in total. The van der Waals surface area contributed by atoms with Crippen LogP contribution in [0.2, 0.25) is 0 Å². The first-order valence-electron chi connectivity index (χ1n) is 6.71. The number of hydrogen-bond acceptors (Lipinski definition) is 3. The van der Waals surface area contributed by atoms with Gasteiger partial charge in [0.1, 0.15) is 0 Å². The normalized spacial score (nSPS) is 10.5. The van der Waals surface area contributed by atoms with Crippen molar-refractivity contribution in [3.63, 3.8) is 0 Å². The van der Waals surface area contributed by atoms with E-state index >= 15 is 0 Å². The second-order valence-corrected chi connectivity index (χ2v) is 6.97. The molecule has 0 atom stereocenters. The first-order chi connectivity index (χ1) is 10.6. The Balaban J connectivity index is 1.77. The van der Waals surface area contributed by atoms with E-state index in [0.29, 0.717) is 10.7 Å². The second kappa shape index (κ2) is 6.58. The van der Waals surface area contributed by atoms with Crippen molar-refractivity contribution in [2.75, 3.05) is 5.32 Å². The molecule has 0 fully saturated rings. The first kappa shape index (κ1) is 15.2. The number of halogens is 1. The zero-order valence-corrected chi connectivity index (χ0v) is 14.8. The number of anilines is 1. The van der Waals surface area contributed by atoms with Gasteiger partial charge in [-0.3, -0.25) is 10.1 Å². The summed E-state index contributed by atoms with van der Waals surface area (Å²) in [6, 6.07) is 15.7. The van der Waals surface area contributed by atoms with Crippen LogP contribution < -0.4 is 5.32 Å². The molecule has 3 rings (SSSR count). The molecule has 0 aliphatic heterocycles. The minimum absolute atomic E-state index is 0.132. The van der Waals surface area contributed by atoms with E-state index < -0.39 is 0 Å². The van der Waals surface area contributed by atoms with E-state index in [-0.39, 0.29) is 5.91 Å². The number of aryl methyl sites for hydroxylation is 1. The van der Waals surface area contributed by atoms with Crippen molar-refractivity contribution < 1.29 is 4.79 Å². The number of nitrogens with one attached hydrogen (secondary N) is 1. The van der Waals surface area contributed by atoms with Crippen molar-refractivity contribution in [2.24, 2.45) is 0 Å². The van der Waals surface area contributed by atoms with Gasteiger partial charge in [0.25, 0.3) is 5.91 Å². The summed E-state index contributed by atoms with van der Waals surface area (Å²) in [5, 5.41) is 5.42. The molecule has 1 aromatic heterocycles. The minimum atomic E-state index is -0.132. The molecule has 22 heavy (non-hydrogen) atoms. The van der Waals surface area contributed by atoms with E-state index in [2.05, 4.69) is 32.9 Å². The Morgan fingerprint density at radius 3 is 2.68 bits per heavy atom. The summed E-state index contributed by atoms with van der Waals surface area (Å²) in [5.74, 6) is -0.132. The number of hydrogen-bond donors (Lipinski definition) is 1. The summed E-state index contributed by atoms with van der Waals surface area (Å²) in [4.78, 5) is 16.7. The third-order valence-electron chi connectivity index (χ3n) is 3.14. The SMILES string of the molecule is Cc1cccc(C(=O)Nc2nc(-c3ccc(I)cc3)cs2)c1. The fourth-order valence-electron chi connectivity index (χ4n) is 2.04. The largest absolute Gasteiger partial charge is 0.298 e. The van der Waals surface area contributed by atoms with Crippen molar-refractivity contribution in [1.29, 1.82) is 0 Å². The van der Waals surface area contributed by atoms with Crippen LogP contribution in [-0.4, -0.2) is 10.9 Å². The molecule has 110 valence electrons. The van der Waals surface area contributed by atoms with Crippen LogP contribution in [0, 0.1) is 10.5 Å². The number of carbonyl (C=O) groups is 1. The maximum atomic E-state index is 12.2. The van der Waals surface area contributed by atoms with Gasteiger partial charge in [0.2, 0.25) is 0 Å². The molecular weight excluding hydrogens is 407 g/mol. The summed E-state index contributed by atoms with van der Waals surface area (Å²) < 4.78 is 1.18. The van der Waals surface area contributed by atoms with Crippen molar-refractivity contribution in [1.82, 2.24) is 4.98 Å². The van der Waals surface area contributed by atoms with Gasteiger partial charge in [-0.2, -0.15) is 0 Å². The molecule has 0 bridgehead atoms. The smallest absolute Gasteiger partial charge is 0.257 e. The molecule has 0 aliphatic rings. The molecule has 5 heteroatoms. The molecule has 0 saturated heterocycles. The van der Waals surface area contributed by atoms with Gasteiger partial charge in [0.05, 0.1) is 5.69 Å².